The van der Waals surface area contributed by atoms with Crippen LogP contribution in [0.1, 0.15) is 34.1 Å². The van der Waals surface area contributed by atoms with Crippen LogP contribution in [0.3, 0.4) is 0 Å². The number of benzene rings is 1. The van der Waals surface area contributed by atoms with Gasteiger partial charge in [-0.3, -0.25) is 0 Å². The van der Waals surface area contributed by atoms with E-state index in [4.69, 9.17) is 4.74 Å². The molecule has 1 N–H and O–H groups in total. The summed E-state index contributed by atoms with van der Waals surface area (Å²) in [6.45, 7) is 7.90. The molecule has 0 amide bonds. The van der Waals surface area contributed by atoms with Crippen LogP contribution in [0, 0.1) is 11.7 Å². The zero-order chi connectivity index (χ0) is 15.3. The van der Waals surface area contributed by atoms with Gasteiger partial charge in [-0.25, -0.2) is 17.5 Å². The van der Waals surface area contributed by atoms with Crippen molar-refractivity contribution >= 4 is 10.0 Å². The molecule has 0 aromatic heterocycles. The van der Waals surface area contributed by atoms with Gasteiger partial charge in [-0.05, 0) is 44.4 Å². The molecule has 0 heterocycles. The van der Waals surface area contributed by atoms with Crippen LogP contribution in [-0.2, 0) is 10.0 Å². The average molecular weight is 303 g/mol. The molecule has 0 radical (unpaired) electrons. The van der Waals surface area contributed by atoms with Gasteiger partial charge in [0.2, 0.25) is 10.0 Å². The highest BCUT2D eigenvalue weighted by Gasteiger charge is 2.16. The molecule has 1 aromatic rings. The fraction of sp³-hybridized carbons (Fsp3) is 0.571. The van der Waals surface area contributed by atoms with Gasteiger partial charge in [-0.2, -0.15) is 0 Å². The first kappa shape index (κ1) is 16.9. The van der Waals surface area contributed by atoms with Crippen molar-refractivity contribution in [2.24, 2.45) is 5.92 Å². The van der Waals surface area contributed by atoms with Gasteiger partial charge in [0.05, 0.1) is 11.0 Å². The van der Waals surface area contributed by atoms with E-state index in [1.54, 1.807) is 13.8 Å². The summed E-state index contributed by atoms with van der Waals surface area (Å²) in [5, 5.41) is 0. The van der Waals surface area contributed by atoms with Crippen molar-refractivity contribution in [3.8, 4) is 5.75 Å². The monoisotopic (exact) mass is 303 g/mol. The average Bonchev–Trinajstić information content (AvgIpc) is 2.30. The Morgan fingerprint density at radius 1 is 1.25 bits per heavy atom. The molecule has 0 aliphatic heterocycles. The molecular formula is C14H22FNO3S. The van der Waals surface area contributed by atoms with Crippen LogP contribution < -0.4 is 9.46 Å². The van der Waals surface area contributed by atoms with E-state index >= 15 is 0 Å². The quantitative estimate of drug-likeness (QED) is 0.842. The van der Waals surface area contributed by atoms with Gasteiger partial charge in [-0.1, -0.05) is 13.8 Å². The van der Waals surface area contributed by atoms with E-state index in [-0.39, 0.29) is 16.7 Å². The molecule has 0 fully saturated rings. The van der Waals surface area contributed by atoms with E-state index in [2.05, 4.69) is 4.72 Å². The number of hydrogen-bond acceptors (Lipinski definition) is 3. The number of sulfonamides is 1. The highest BCUT2D eigenvalue weighted by Crippen LogP contribution is 2.22. The molecule has 0 aliphatic carbocycles. The molecule has 0 saturated carbocycles. The first-order valence-electron chi connectivity index (χ1n) is 6.68. The Morgan fingerprint density at radius 3 is 2.40 bits per heavy atom. The van der Waals surface area contributed by atoms with Gasteiger partial charge < -0.3 is 4.74 Å². The van der Waals surface area contributed by atoms with Crippen molar-refractivity contribution in [1.29, 1.82) is 0 Å². The summed E-state index contributed by atoms with van der Waals surface area (Å²) in [4.78, 5) is -0.0881. The van der Waals surface area contributed by atoms with Gasteiger partial charge in [0.1, 0.15) is 0 Å². The molecule has 0 aliphatic rings. The maximum atomic E-state index is 13.8. The van der Waals surface area contributed by atoms with E-state index < -0.39 is 15.8 Å². The van der Waals surface area contributed by atoms with Gasteiger partial charge in [0.15, 0.2) is 11.6 Å². The van der Waals surface area contributed by atoms with Crippen molar-refractivity contribution in [2.45, 2.75) is 45.1 Å². The molecule has 4 nitrogen and oxygen atoms in total. The first-order chi connectivity index (χ1) is 9.22. The fourth-order valence-electron chi connectivity index (χ4n) is 1.56. The van der Waals surface area contributed by atoms with Crippen LogP contribution in [0.5, 0.6) is 5.75 Å². The minimum absolute atomic E-state index is 0.0566. The van der Waals surface area contributed by atoms with E-state index in [0.29, 0.717) is 12.5 Å². The van der Waals surface area contributed by atoms with E-state index in [1.807, 2.05) is 13.8 Å². The molecular weight excluding hydrogens is 281 g/mol. The van der Waals surface area contributed by atoms with Crippen LogP contribution >= 0.6 is 0 Å². The number of nitrogens with one attached hydrogen (secondary N) is 1. The minimum atomic E-state index is -3.67. The lowest BCUT2D eigenvalue weighted by Gasteiger charge is -2.12. The van der Waals surface area contributed by atoms with Crippen molar-refractivity contribution in [3.05, 3.63) is 24.0 Å². The lowest BCUT2D eigenvalue weighted by atomic mass is 10.1. The molecule has 1 aromatic carbocycles. The van der Waals surface area contributed by atoms with Crippen molar-refractivity contribution in [1.82, 2.24) is 4.72 Å². The summed E-state index contributed by atoms with van der Waals surface area (Å²) in [5.41, 5.74) is 0. The lowest BCUT2D eigenvalue weighted by molar-refractivity contribution is 0.231. The van der Waals surface area contributed by atoms with Crippen molar-refractivity contribution in [3.63, 3.8) is 0 Å². The van der Waals surface area contributed by atoms with Gasteiger partial charge >= 0.3 is 0 Å². The molecule has 0 spiro atoms. The second kappa shape index (κ2) is 7.04. The Labute approximate surface area is 120 Å². The number of halogens is 1. The molecule has 114 valence electrons. The number of hydrogen-bond donors (Lipinski definition) is 1. The number of rotatable bonds is 7. The third kappa shape index (κ3) is 5.09. The highest BCUT2D eigenvalue weighted by atomic mass is 32.2. The van der Waals surface area contributed by atoms with Gasteiger partial charge in [-0.15, -0.1) is 0 Å². The summed E-state index contributed by atoms with van der Waals surface area (Å²) in [6.07, 6.45) is 0.562. The summed E-state index contributed by atoms with van der Waals surface area (Å²) >= 11 is 0. The van der Waals surface area contributed by atoms with Crippen molar-refractivity contribution < 1.29 is 17.5 Å². The summed E-state index contributed by atoms with van der Waals surface area (Å²) in [6, 6.07) is 3.67. The Hall–Kier alpha value is -1.14. The maximum absolute atomic E-state index is 13.8. The Balaban J connectivity index is 2.83. The largest absolute Gasteiger partial charge is 0.488 e. The summed E-state index contributed by atoms with van der Waals surface area (Å²) in [7, 11) is -3.67. The predicted octanol–water partition coefficient (Wildman–Crippen LogP) is 2.94. The molecule has 0 atom stereocenters. The smallest absolute Gasteiger partial charge is 0.240 e. The van der Waals surface area contributed by atoms with Crippen LogP contribution in [0.2, 0.25) is 0 Å². The predicted molar refractivity (Wildman–Crippen MR) is 76.8 cm³/mol. The SMILES string of the molecule is CC(C)CCNS(=O)(=O)c1ccc(OC(C)C)c(F)c1. The fourth-order valence-corrected chi connectivity index (χ4v) is 2.62. The Bertz CT molecular complexity index is 541. The normalized spacial score (nSPS) is 12.2. The molecule has 0 bridgehead atoms. The second-order valence-corrected chi connectivity index (χ2v) is 7.11. The standard InChI is InChI=1S/C14H22FNO3S/c1-10(2)7-8-16-20(17,18)12-5-6-14(13(15)9-12)19-11(3)4/h5-6,9-11,16H,7-8H2,1-4H3. The van der Waals surface area contributed by atoms with E-state index in [9.17, 15) is 12.8 Å². The number of ether oxygens (including phenoxy) is 1. The van der Waals surface area contributed by atoms with Crippen LogP contribution in [0.25, 0.3) is 0 Å². The molecule has 20 heavy (non-hydrogen) atoms. The minimum Gasteiger partial charge on any atom is -0.488 e. The maximum Gasteiger partial charge on any atom is 0.240 e. The zero-order valence-corrected chi connectivity index (χ0v) is 13.1. The van der Waals surface area contributed by atoms with E-state index in [0.717, 1.165) is 12.5 Å². The molecule has 1 rings (SSSR count). The van der Waals surface area contributed by atoms with Gasteiger partial charge in [0.25, 0.3) is 0 Å². The third-order valence-electron chi connectivity index (χ3n) is 2.59. The van der Waals surface area contributed by atoms with Crippen LogP contribution in [-0.4, -0.2) is 21.1 Å². The van der Waals surface area contributed by atoms with Crippen LogP contribution in [0.15, 0.2) is 23.1 Å². The van der Waals surface area contributed by atoms with E-state index in [1.165, 1.54) is 12.1 Å². The van der Waals surface area contributed by atoms with Crippen molar-refractivity contribution in [2.75, 3.05) is 6.54 Å². The topological polar surface area (TPSA) is 55.4 Å². The molecule has 0 saturated heterocycles. The Kier molecular flexibility index (Phi) is 5.95. The lowest BCUT2D eigenvalue weighted by Crippen LogP contribution is -2.25. The third-order valence-corrected chi connectivity index (χ3v) is 4.05. The van der Waals surface area contributed by atoms with Gasteiger partial charge in [0, 0.05) is 6.54 Å². The highest BCUT2D eigenvalue weighted by molar-refractivity contribution is 7.89. The Morgan fingerprint density at radius 2 is 1.90 bits per heavy atom. The summed E-state index contributed by atoms with van der Waals surface area (Å²) < 4.78 is 45.4. The van der Waals surface area contributed by atoms with Crippen LogP contribution in [0.4, 0.5) is 4.39 Å². The molecule has 6 heteroatoms. The zero-order valence-electron chi connectivity index (χ0n) is 12.3. The summed E-state index contributed by atoms with van der Waals surface area (Å²) in [5.74, 6) is -0.220. The second-order valence-electron chi connectivity index (χ2n) is 5.34. The first-order valence-corrected chi connectivity index (χ1v) is 8.16. The molecule has 0 unspecified atom stereocenters.